The molecule has 21 heavy (non-hydrogen) atoms. The fourth-order valence-electron chi connectivity index (χ4n) is 2.26. The molecule has 0 bridgehead atoms. The molecule has 0 saturated carbocycles. The van der Waals surface area contributed by atoms with E-state index in [1.807, 2.05) is 16.8 Å². The number of carbonyl (C=O) groups excluding carboxylic acids is 1. The van der Waals surface area contributed by atoms with Crippen molar-refractivity contribution in [1.29, 1.82) is 0 Å². The highest BCUT2D eigenvalue weighted by atomic mass is 32.1. The molecular formula is C15H13NO4S. The number of hydrogen-bond donors (Lipinski definition) is 1. The van der Waals surface area contributed by atoms with E-state index in [1.165, 1.54) is 16.2 Å². The standard InChI is InChI=1S/C15H13NO4S/c17-14(7-10-5-6-21-9-10)16-8-13(15(18)19)20-12-4-2-1-3-11(12)16/h1-6,9,13H,7-8H2,(H,18,19). The van der Waals surface area contributed by atoms with E-state index < -0.39 is 12.1 Å². The zero-order chi connectivity index (χ0) is 14.8. The molecule has 6 heteroatoms. The van der Waals surface area contributed by atoms with Gasteiger partial charge in [0, 0.05) is 0 Å². The largest absolute Gasteiger partial charge is 0.478 e. The van der Waals surface area contributed by atoms with Crippen LogP contribution < -0.4 is 9.64 Å². The first-order chi connectivity index (χ1) is 10.1. The average Bonchev–Trinajstić information content (AvgIpc) is 2.98. The van der Waals surface area contributed by atoms with Crippen molar-refractivity contribution in [1.82, 2.24) is 0 Å². The minimum atomic E-state index is -1.07. The van der Waals surface area contributed by atoms with Crippen LogP contribution in [0.25, 0.3) is 0 Å². The fraction of sp³-hybridized carbons (Fsp3) is 0.200. The SMILES string of the molecule is O=C(O)C1CN(C(=O)Cc2ccsc2)c2ccccc2O1. The number of carboxylic acid groups (broad SMARTS) is 1. The summed E-state index contributed by atoms with van der Waals surface area (Å²) in [5.41, 5.74) is 1.55. The van der Waals surface area contributed by atoms with Crippen LogP contribution in [-0.2, 0) is 16.0 Å². The molecule has 1 N–H and O–H groups in total. The van der Waals surface area contributed by atoms with Crippen molar-refractivity contribution in [2.75, 3.05) is 11.4 Å². The fourth-order valence-corrected chi connectivity index (χ4v) is 2.93. The second-order valence-corrected chi connectivity index (χ2v) is 5.51. The van der Waals surface area contributed by atoms with Gasteiger partial charge in [0.25, 0.3) is 0 Å². The quantitative estimate of drug-likeness (QED) is 0.943. The number of carbonyl (C=O) groups is 2. The van der Waals surface area contributed by atoms with Gasteiger partial charge in [-0.05, 0) is 34.5 Å². The number of fused-ring (bicyclic) bond motifs is 1. The number of anilines is 1. The number of para-hydroxylation sites is 2. The van der Waals surface area contributed by atoms with E-state index >= 15 is 0 Å². The predicted molar refractivity (Wildman–Crippen MR) is 78.9 cm³/mol. The number of amides is 1. The third kappa shape index (κ3) is 2.75. The van der Waals surface area contributed by atoms with E-state index in [9.17, 15) is 9.59 Å². The van der Waals surface area contributed by atoms with Crippen molar-refractivity contribution in [3.63, 3.8) is 0 Å². The summed E-state index contributed by atoms with van der Waals surface area (Å²) in [6.45, 7) is 0.0231. The molecule has 3 rings (SSSR count). The van der Waals surface area contributed by atoms with Crippen LogP contribution in [0.5, 0.6) is 5.75 Å². The van der Waals surface area contributed by atoms with E-state index in [-0.39, 0.29) is 18.9 Å². The Morgan fingerprint density at radius 3 is 2.86 bits per heavy atom. The molecule has 1 aliphatic rings. The highest BCUT2D eigenvalue weighted by Crippen LogP contribution is 2.33. The van der Waals surface area contributed by atoms with Crippen LogP contribution in [0.1, 0.15) is 5.56 Å². The number of aliphatic carboxylic acids is 1. The molecule has 0 fully saturated rings. The molecule has 0 spiro atoms. The van der Waals surface area contributed by atoms with Gasteiger partial charge >= 0.3 is 5.97 Å². The molecule has 0 aliphatic carbocycles. The van der Waals surface area contributed by atoms with Crippen LogP contribution in [0.3, 0.4) is 0 Å². The number of rotatable bonds is 3. The Bertz CT molecular complexity index is 668. The second kappa shape index (κ2) is 5.57. The molecule has 5 nitrogen and oxygen atoms in total. The first kappa shape index (κ1) is 13.6. The molecule has 1 aliphatic heterocycles. The second-order valence-electron chi connectivity index (χ2n) is 4.73. The Morgan fingerprint density at radius 2 is 2.14 bits per heavy atom. The average molecular weight is 303 g/mol. The van der Waals surface area contributed by atoms with Crippen molar-refractivity contribution in [2.24, 2.45) is 0 Å². The van der Waals surface area contributed by atoms with Crippen LogP contribution in [0.4, 0.5) is 5.69 Å². The maximum atomic E-state index is 12.5. The molecule has 108 valence electrons. The molecule has 1 aromatic carbocycles. The van der Waals surface area contributed by atoms with E-state index in [4.69, 9.17) is 9.84 Å². The van der Waals surface area contributed by atoms with Gasteiger partial charge in [0.05, 0.1) is 18.7 Å². The van der Waals surface area contributed by atoms with Crippen molar-refractivity contribution < 1.29 is 19.4 Å². The Labute approximate surface area is 125 Å². The van der Waals surface area contributed by atoms with Crippen LogP contribution in [0.2, 0.25) is 0 Å². The van der Waals surface area contributed by atoms with Crippen molar-refractivity contribution >= 4 is 28.9 Å². The summed E-state index contributed by atoms with van der Waals surface area (Å²) in [4.78, 5) is 25.2. The summed E-state index contributed by atoms with van der Waals surface area (Å²) in [7, 11) is 0. The van der Waals surface area contributed by atoms with Gasteiger partial charge in [0.1, 0.15) is 5.75 Å². The number of thiophene rings is 1. The van der Waals surface area contributed by atoms with E-state index in [2.05, 4.69) is 0 Å². The van der Waals surface area contributed by atoms with Crippen LogP contribution in [0.15, 0.2) is 41.1 Å². The highest BCUT2D eigenvalue weighted by molar-refractivity contribution is 7.08. The predicted octanol–water partition coefficient (Wildman–Crippen LogP) is 2.17. The van der Waals surface area contributed by atoms with Crippen LogP contribution >= 0.6 is 11.3 Å². The third-order valence-electron chi connectivity index (χ3n) is 3.29. The summed E-state index contributed by atoms with van der Waals surface area (Å²) in [5.74, 6) is -0.775. The van der Waals surface area contributed by atoms with E-state index in [1.54, 1.807) is 24.3 Å². The molecular weight excluding hydrogens is 290 g/mol. The first-order valence-corrected chi connectivity index (χ1v) is 7.39. The molecule has 2 aromatic rings. The Hall–Kier alpha value is -2.34. The first-order valence-electron chi connectivity index (χ1n) is 6.45. The number of nitrogens with zero attached hydrogens (tertiary/aromatic N) is 1. The van der Waals surface area contributed by atoms with Crippen molar-refractivity contribution in [2.45, 2.75) is 12.5 Å². The minimum absolute atomic E-state index is 0.0231. The summed E-state index contributed by atoms with van der Waals surface area (Å²) < 4.78 is 5.42. The zero-order valence-electron chi connectivity index (χ0n) is 11.1. The van der Waals surface area contributed by atoms with Crippen LogP contribution in [0, 0.1) is 0 Å². The zero-order valence-corrected chi connectivity index (χ0v) is 11.9. The lowest BCUT2D eigenvalue weighted by atomic mass is 10.1. The highest BCUT2D eigenvalue weighted by Gasteiger charge is 2.33. The number of benzene rings is 1. The molecule has 0 radical (unpaired) electrons. The van der Waals surface area contributed by atoms with Gasteiger partial charge in [-0.25, -0.2) is 4.79 Å². The van der Waals surface area contributed by atoms with Crippen molar-refractivity contribution in [3.05, 3.63) is 46.7 Å². The Morgan fingerprint density at radius 1 is 1.33 bits per heavy atom. The van der Waals surface area contributed by atoms with Gasteiger partial charge in [0.2, 0.25) is 12.0 Å². The van der Waals surface area contributed by atoms with Gasteiger partial charge in [-0.3, -0.25) is 4.79 Å². The summed E-state index contributed by atoms with van der Waals surface area (Å²) in [6, 6.07) is 8.89. The molecule has 0 saturated heterocycles. The topological polar surface area (TPSA) is 66.8 Å². The summed E-state index contributed by atoms with van der Waals surface area (Å²) in [5, 5.41) is 13.0. The van der Waals surface area contributed by atoms with Gasteiger partial charge in [-0.1, -0.05) is 12.1 Å². The lowest BCUT2D eigenvalue weighted by molar-refractivity contribution is -0.145. The maximum absolute atomic E-state index is 12.5. The lowest BCUT2D eigenvalue weighted by Gasteiger charge is -2.33. The lowest BCUT2D eigenvalue weighted by Crippen LogP contribution is -2.47. The summed E-state index contributed by atoms with van der Waals surface area (Å²) >= 11 is 1.53. The molecule has 2 heterocycles. The molecule has 1 unspecified atom stereocenters. The maximum Gasteiger partial charge on any atom is 0.346 e. The minimum Gasteiger partial charge on any atom is -0.478 e. The van der Waals surface area contributed by atoms with Crippen molar-refractivity contribution in [3.8, 4) is 5.75 Å². The number of hydrogen-bond acceptors (Lipinski definition) is 4. The van der Waals surface area contributed by atoms with E-state index in [0.29, 0.717) is 11.4 Å². The summed E-state index contributed by atoms with van der Waals surface area (Å²) in [6.07, 6.45) is -0.782. The Kier molecular flexibility index (Phi) is 3.62. The smallest absolute Gasteiger partial charge is 0.346 e. The van der Waals surface area contributed by atoms with Gasteiger partial charge in [-0.15, -0.1) is 0 Å². The molecule has 1 atom stereocenters. The molecule has 1 aromatic heterocycles. The van der Waals surface area contributed by atoms with Gasteiger partial charge in [0.15, 0.2) is 0 Å². The number of ether oxygens (including phenoxy) is 1. The third-order valence-corrected chi connectivity index (χ3v) is 4.02. The monoisotopic (exact) mass is 303 g/mol. The Balaban J connectivity index is 1.89. The molecule has 1 amide bonds. The number of carboxylic acids is 1. The normalized spacial score (nSPS) is 17.0. The van der Waals surface area contributed by atoms with Crippen LogP contribution in [-0.4, -0.2) is 29.6 Å². The van der Waals surface area contributed by atoms with Gasteiger partial charge in [-0.2, -0.15) is 11.3 Å². The van der Waals surface area contributed by atoms with E-state index in [0.717, 1.165) is 5.56 Å². The van der Waals surface area contributed by atoms with Gasteiger partial charge < -0.3 is 14.7 Å².